The molecule has 0 radical (unpaired) electrons. The zero-order valence-electron chi connectivity index (χ0n) is 28.7. The van der Waals surface area contributed by atoms with Gasteiger partial charge in [0.25, 0.3) is 0 Å². The Bertz CT molecular complexity index is 1410. The van der Waals surface area contributed by atoms with E-state index in [-0.39, 0.29) is 56.9 Å². The number of allylic oxidation sites excluding steroid dienone is 2. The first kappa shape index (κ1) is 31.5. The summed E-state index contributed by atoms with van der Waals surface area (Å²) >= 11 is 0. The molecule has 0 bridgehead atoms. The summed E-state index contributed by atoms with van der Waals surface area (Å²) in [5.41, 5.74) is 2.39. The molecule has 0 saturated heterocycles. The lowest BCUT2D eigenvalue weighted by Crippen LogP contribution is -2.66. The number of fused-ring (bicyclic) bond motifs is 7. The van der Waals surface area contributed by atoms with Crippen LogP contribution in [0.25, 0.3) is 0 Å². The summed E-state index contributed by atoms with van der Waals surface area (Å²) in [5.74, 6) is 0.664. The van der Waals surface area contributed by atoms with Crippen LogP contribution in [0, 0.1) is 57.2 Å². The minimum Gasteiger partial charge on any atom is -0.462 e. The third-order valence-electron chi connectivity index (χ3n) is 14.7. The number of hydrogen-bond acceptors (Lipinski definition) is 4. The molecule has 5 heteroatoms. The molecule has 0 aliphatic heterocycles. The minimum atomic E-state index is -0.488. The van der Waals surface area contributed by atoms with Crippen molar-refractivity contribution in [2.45, 2.75) is 126 Å². The van der Waals surface area contributed by atoms with E-state index >= 15 is 0 Å². The highest BCUT2D eigenvalue weighted by Crippen LogP contribution is 2.75. The molecular formula is C39H55NO4. The molecule has 5 aliphatic carbocycles. The molecule has 5 aliphatic rings. The average molecular weight is 602 g/mol. The molecule has 0 spiro atoms. The van der Waals surface area contributed by atoms with Gasteiger partial charge in [-0.2, -0.15) is 0 Å². The van der Waals surface area contributed by atoms with Gasteiger partial charge >= 0.3 is 5.97 Å². The summed E-state index contributed by atoms with van der Waals surface area (Å²) in [5, 5.41) is 3.23. The highest BCUT2D eigenvalue weighted by atomic mass is 16.5. The van der Waals surface area contributed by atoms with E-state index in [1.165, 1.54) is 18.1 Å². The molecule has 0 unspecified atom stereocenters. The van der Waals surface area contributed by atoms with Crippen molar-refractivity contribution >= 4 is 23.3 Å². The SMILES string of the molecule is CC(=O)O[C@H]1CC[C@@]2(C)[C@@H](CC[C@@]3(C)[C@H]2C(=O)C=C2[C@@H]4C[C@](C)(C(=O)Nc5ccc(C)cc5)CC[C@@]4(C)CC[C@]23C)C1(C)C. The molecule has 9 atom stereocenters. The first-order valence-electron chi connectivity index (χ1n) is 17.2. The number of anilines is 1. The van der Waals surface area contributed by atoms with Gasteiger partial charge in [0, 0.05) is 29.4 Å². The number of esters is 1. The van der Waals surface area contributed by atoms with Crippen LogP contribution in [0.4, 0.5) is 5.69 Å². The van der Waals surface area contributed by atoms with Gasteiger partial charge in [0.1, 0.15) is 6.10 Å². The fraction of sp³-hybridized carbons (Fsp3) is 0.718. The zero-order chi connectivity index (χ0) is 32.1. The number of nitrogens with one attached hydrogen (secondary N) is 1. The van der Waals surface area contributed by atoms with E-state index < -0.39 is 5.41 Å². The van der Waals surface area contributed by atoms with E-state index in [0.717, 1.165) is 63.5 Å². The lowest BCUT2D eigenvalue weighted by molar-refractivity contribution is -0.210. The topological polar surface area (TPSA) is 72.5 Å². The maximum absolute atomic E-state index is 14.7. The quantitative estimate of drug-likeness (QED) is 0.351. The van der Waals surface area contributed by atoms with Gasteiger partial charge in [0.15, 0.2) is 5.78 Å². The van der Waals surface area contributed by atoms with Gasteiger partial charge in [0.2, 0.25) is 5.91 Å². The fourth-order valence-corrected chi connectivity index (χ4v) is 11.7. The van der Waals surface area contributed by atoms with Gasteiger partial charge in [-0.15, -0.1) is 0 Å². The first-order valence-corrected chi connectivity index (χ1v) is 17.2. The van der Waals surface area contributed by atoms with E-state index in [1.807, 2.05) is 24.3 Å². The smallest absolute Gasteiger partial charge is 0.302 e. The Morgan fingerprint density at radius 1 is 0.864 bits per heavy atom. The second-order valence-electron chi connectivity index (χ2n) is 17.5. The molecule has 1 amide bonds. The number of carbonyl (C=O) groups is 3. The molecule has 1 N–H and O–H groups in total. The lowest BCUT2D eigenvalue weighted by atomic mass is 9.33. The molecule has 6 rings (SSSR count). The summed E-state index contributed by atoms with van der Waals surface area (Å²) in [4.78, 5) is 40.5. The Morgan fingerprint density at radius 3 is 2.18 bits per heavy atom. The highest BCUT2D eigenvalue weighted by Gasteiger charge is 2.70. The van der Waals surface area contributed by atoms with Crippen LogP contribution in [-0.4, -0.2) is 23.8 Å². The normalized spacial score (nSPS) is 44.2. The maximum Gasteiger partial charge on any atom is 0.302 e. The van der Waals surface area contributed by atoms with Gasteiger partial charge in [-0.05, 0) is 116 Å². The number of hydrogen-bond donors (Lipinski definition) is 1. The van der Waals surface area contributed by atoms with Crippen LogP contribution in [0.15, 0.2) is 35.9 Å². The number of carbonyl (C=O) groups excluding carboxylic acids is 3. The van der Waals surface area contributed by atoms with E-state index in [4.69, 9.17) is 4.74 Å². The standard InChI is InChI=1S/C39H55NO4/c1-24-10-12-26(13-11-24)40-33(43)36(6)19-18-35(5)20-21-38(8)27(28(35)23-36)22-29(42)32-37(7)16-15-31(44-25(2)41)34(3,4)30(37)14-17-39(32,38)9/h10-13,22,28,30-32H,14-21,23H2,1-9H3,(H,40,43)/t28-,30-,31-,32-,35-,36+,37-,38+,39-/m0/s1. The van der Waals surface area contributed by atoms with E-state index in [2.05, 4.69) is 66.8 Å². The number of ether oxygens (including phenoxy) is 1. The zero-order valence-corrected chi connectivity index (χ0v) is 28.7. The maximum atomic E-state index is 14.7. The van der Waals surface area contributed by atoms with Crippen LogP contribution in [0.3, 0.4) is 0 Å². The predicted octanol–water partition coefficient (Wildman–Crippen LogP) is 8.85. The molecule has 44 heavy (non-hydrogen) atoms. The van der Waals surface area contributed by atoms with Crippen molar-refractivity contribution in [1.82, 2.24) is 0 Å². The van der Waals surface area contributed by atoms with Crippen molar-refractivity contribution < 1.29 is 19.1 Å². The van der Waals surface area contributed by atoms with Crippen molar-refractivity contribution in [1.29, 1.82) is 0 Å². The van der Waals surface area contributed by atoms with Crippen LogP contribution in [0.2, 0.25) is 0 Å². The van der Waals surface area contributed by atoms with Gasteiger partial charge in [-0.1, -0.05) is 71.7 Å². The van der Waals surface area contributed by atoms with Gasteiger partial charge in [-0.25, -0.2) is 0 Å². The van der Waals surface area contributed by atoms with Crippen LogP contribution in [-0.2, 0) is 19.1 Å². The molecule has 5 nitrogen and oxygen atoms in total. The van der Waals surface area contributed by atoms with E-state index in [1.54, 1.807) is 0 Å². The number of rotatable bonds is 3. The van der Waals surface area contributed by atoms with E-state index in [0.29, 0.717) is 11.7 Å². The summed E-state index contributed by atoms with van der Waals surface area (Å²) in [7, 11) is 0. The molecule has 1 aromatic rings. The van der Waals surface area contributed by atoms with Gasteiger partial charge in [0.05, 0.1) is 0 Å². The Balaban J connectivity index is 1.34. The predicted molar refractivity (Wildman–Crippen MR) is 175 cm³/mol. The number of benzene rings is 1. The second-order valence-corrected chi connectivity index (χ2v) is 17.5. The molecule has 240 valence electrons. The van der Waals surface area contributed by atoms with Gasteiger partial charge in [-0.3, -0.25) is 14.4 Å². The van der Waals surface area contributed by atoms with Crippen molar-refractivity contribution in [3.05, 3.63) is 41.5 Å². The summed E-state index contributed by atoms with van der Waals surface area (Å²) in [6.07, 6.45) is 10.6. The van der Waals surface area contributed by atoms with Crippen LogP contribution in [0.1, 0.15) is 119 Å². The van der Waals surface area contributed by atoms with Crippen molar-refractivity contribution in [2.24, 2.45) is 50.2 Å². The second kappa shape index (κ2) is 10.0. The Kier molecular flexibility index (Phi) is 7.19. The monoisotopic (exact) mass is 601 g/mol. The summed E-state index contributed by atoms with van der Waals surface area (Å²) in [6.45, 7) is 19.9. The van der Waals surface area contributed by atoms with Crippen LogP contribution < -0.4 is 5.32 Å². The minimum absolute atomic E-state index is 0.0516. The van der Waals surface area contributed by atoms with Gasteiger partial charge < -0.3 is 10.1 Å². The molecule has 1 aromatic carbocycles. The largest absolute Gasteiger partial charge is 0.462 e. The number of amides is 1. The fourth-order valence-electron chi connectivity index (χ4n) is 11.7. The van der Waals surface area contributed by atoms with Crippen LogP contribution in [0.5, 0.6) is 0 Å². The van der Waals surface area contributed by atoms with Crippen molar-refractivity contribution in [3.63, 3.8) is 0 Å². The first-order chi connectivity index (χ1) is 20.4. The Labute approximate surface area is 265 Å². The molecule has 4 saturated carbocycles. The third-order valence-corrected chi connectivity index (χ3v) is 14.7. The lowest BCUT2D eigenvalue weighted by Gasteiger charge is -2.70. The number of ketones is 1. The highest BCUT2D eigenvalue weighted by molar-refractivity contribution is 5.96. The molecular weight excluding hydrogens is 546 g/mol. The van der Waals surface area contributed by atoms with Crippen molar-refractivity contribution in [2.75, 3.05) is 5.32 Å². The Morgan fingerprint density at radius 2 is 1.52 bits per heavy atom. The van der Waals surface area contributed by atoms with Crippen molar-refractivity contribution in [3.8, 4) is 0 Å². The van der Waals surface area contributed by atoms with Crippen LogP contribution >= 0.6 is 0 Å². The summed E-state index contributed by atoms with van der Waals surface area (Å²) < 4.78 is 5.88. The average Bonchev–Trinajstić information content (AvgIpc) is 2.93. The molecule has 0 aromatic heterocycles. The Hall–Kier alpha value is -2.43. The molecule has 4 fully saturated rings. The third kappa shape index (κ3) is 4.41. The summed E-state index contributed by atoms with van der Waals surface area (Å²) in [6, 6.07) is 8.05. The van der Waals surface area contributed by atoms with E-state index in [9.17, 15) is 14.4 Å². The number of aryl methyl sites for hydroxylation is 1. The molecule has 0 heterocycles.